The van der Waals surface area contributed by atoms with Gasteiger partial charge in [0.1, 0.15) is 11.6 Å². The summed E-state index contributed by atoms with van der Waals surface area (Å²) < 4.78 is 0. The number of aliphatic hydroxyl groups is 1. The van der Waals surface area contributed by atoms with Crippen molar-refractivity contribution in [1.82, 2.24) is 9.97 Å². The van der Waals surface area contributed by atoms with E-state index < -0.39 is 5.60 Å². The second kappa shape index (κ2) is 4.63. The van der Waals surface area contributed by atoms with Crippen LogP contribution in [0.25, 0.3) is 0 Å². The van der Waals surface area contributed by atoms with Crippen LogP contribution in [0.15, 0.2) is 10.9 Å². The first kappa shape index (κ1) is 12.7. The fraction of sp³-hybridized carbons (Fsp3) is 0.714. The highest BCUT2D eigenvalue weighted by atomic mass is 16.3. The summed E-state index contributed by atoms with van der Waals surface area (Å²) in [5.74, 6) is 2.05. The Bertz CT molecular complexity index is 520. The van der Waals surface area contributed by atoms with Crippen LogP contribution in [0, 0.1) is 0 Å². The molecule has 5 nitrogen and oxygen atoms in total. The van der Waals surface area contributed by atoms with E-state index in [2.05, 4.69) is 14.9 Å². The number of aromatic amines is 1. The van der Waals surface area contributed by atoms with Crippen molar-refractivity contribution in [2.24, 2.45) is 0 Å². The first-order chi connectivity index (χ1) is 9.03. The van der Waals surface area contributed by atoms with Gasteiger partial charge in [-0.3, -0.25) is 4.79 Å². The third-order valence-electron chi connectivity index (χ3n) is 4.10. The van der Waals surface area contributed by atoms with Gasteiger partial charge in [-0.1, -0.05) is 0 Å². The third kappa shape index (κ3) is 2.97. The zero-order chi connectivity index (χ0) is 13.5. The van der Waals surface area contributed by atoms with Crippen molar-refractivity contribution < 1.29 is 5.11 Å². The molecule has 0 aromatic carbocycles. The van der Waals surface area contributed by atoms with E-state index in [-0.39, 0.29) is 5.56 Å². The molecule has 1 saturated heterocycles. The fourth-order valence-electron chi connectivity index (χ4n) is 2.67. The SMILES string of the molecule is CC1(O)CCCN(c2cc(=O)[nH]c(C3CC3)n2)CC1. The minimum atomic E-state index is -0.588. The molecule has 0 amide bonds. The Hall–Kier alpha value is -1.36. The van der Waals surface area contributed by atoms with Crippen LogP contribution < -0.4 is 10.5 Å². The van der Waals surface area contributed by atoms with Gasteiger partial charge in [-0.2, -0.15) is 0 Å². The summed E-state index contributed by atoms with van der Waals surface area (Å²) in [7, 11) is 0. The summed E-state index contributed by atoms with van der Waals surface area (Å²) >= 11 is 0. The lowest BCUT2D eigenvalue weighted by atomic mass is 9.98. The highest BCUT2D eigenvalue weighted by molar-refractivity contribution is 5.38. The molecule has 1 aromatic rings. The number of hydrogen-bond acceptors (Lipinski definition) is 4. The Morgan fingerprint density at radius 2 is 2.21 bits per heavy atom. The maximum absolute atomic E-state index is 11.7. The highest BCUT2D eigenvalue weighted by Gasteiger charge is 2.28. The molecule has 1 aliphatic carbocycles. The molecule has 5 heteroatoms. The van der Waals surface area contributed by atoms with Crippen LogP contribution in [0.1, 0.15) is 50.8 Å². The number of nitrogens with one attached hydrogen (secondary N) is 1. The second-order valence-electron chi connectivity index (χ2n) is 6.10. The molecule has 1 aromatic heterocycles. The summed E-state index contributed by atoms with van der Waals surface area (Å²) in [6.07, 6.45) is 4.71. The zero-order valence-electron chi connectivity index (χ0n) is 11.4. The molecule has 0 spiro atoms. The predicted molar refractivity (Wildman–Crippen MR) is 73.5 cm³/mol. The standard InChI is InChI=1S/C14H21N3O2/c1-14(19)5-2-7-17(8-6-14)11-9-12(18)16-13(15-11)10-3-4-10/h9-10,19H,2-8H2,1H3,(H,15,16,18). The van der Waals surface area contributed by atoms with E-state index in [4.69, 9.17) is 0 Å². The number of aromatic nitrogens is 2. The van der Waals surface area contributed by atoms with Gasteiger partial charge in [-0.25, -0.2) is 4.98 Å². The Morgan fingerprint density at radius 3 is 2.95 bits per heavy atom. The van der Waals surface area contributed by atoms with Crippen LogP contribution >= 0.6 is 0 Å². The molecule has 3 rings (SSSR count). The Kier molecular flexibility index (Phi) is 3.09. The number of anilines is 1. The third-order valence-corrected chi connectivity index (χ3v) is 4.10. The minimum absolute atomic E-state index is 0.0668. The van der Waals surface area contributed by atoms with E-state index in [1.54, 1.807) is 6.07 Å². The Labute approximate surface area is 112 Å². The predicted octanol–water partition coefficient (Wildman–Crippen LogP) is 1.39. The number of H-pyrrole nitrogens is 1. The van der Waals surface area contributed by atoms with Crippen LogP contribution in [0.2, 0.25) is 0 Å². The van der Waals surface area contributed by atoms with E-state index in [0.29, 0.717) is 5.92 Å². The minimum Gasteiger partial charge on any atom is -0.390 e. The van der Waals surface area contributed by atoms with Crippen LogP contribution in [0.4, 0.5) is 5.82 Å². The molecule has 1 aliphatic heterocycles. The van der Waals surface area contributed by atoms with E-state index in [1.165, 1.54) is 0 Å². The van der Waals surface area contributed by atoms with Crippen LogP contribution in [-0.4, -0.2) is 33.8 Å². The van der Waals surface area contributed by atoms with Gasteiger partial charge in [0.25, 0.3) is 5.56 Å². The van der Waals surface area contributed by atoms with Crippen molar-refractivity contribution in [3.05, 3.63) is 22.2 Å². The normalized spacial score (nSPS) is 28.2. The van der Waals surface area contributed by atoms with E-state index in [9.17, 15) is 9.90 Å². The maximum atomic E-state index is 11.7. The summed E-state index contributed by atoms with van der Waals surface area (Å²) in [6.45, 7) is 3.50. The smallest absolute Gasteiger partial charge is 0.252 e. The summed E-state index contributed by atoms with van der Waals surface area (Å²) in [6, 6.07) is 1.58. The average Bonchev–Trinajstić information content (AvgIpc) is 3.15. The van der Waals surface area contributed by atoms with Crippen molar-refractivity contribution in [3.8, 4) is 0 Å². The molecule has 0 radical (unpaired) electrons. The molecular formula is C14H21N3O2. The fourth-order valence-corrected chi connectivity index (χ4v) is 2.67. The lowest BCUT2D eigenvalue weighted by molar-refractivity contribution is 0.0481. The van der Waals surface area contributed by atoms with Gasteiger partial charge < -0.3 is 15.0 Å². The van der Waals surface area contributed by atoms with Crippen molar-refractivity contribution >= 4 is 5.82 Å². The molecule has 2 N–H and O–H groups in total. The molecule has 1 atom stereocenters. The van der Waals surface area contributed by atoms with Crippen molar-refractivity contribution in [2.45, 2.75) is 50.5 Å². The molecule has 0 bridgehead atoms. The summed E-state index contributed by atoms with van der Waals surface area (Å²) in [4.78, 5) is 21.3. The number of rotatable bonds is 2. The maximum Gasteiger partial charge on any atom is 0.252 e. The Balaban J connectivity index is 1.83. The monoisotopic (exact) mass is 263 g/mol. The van der Waals surface area contributed by atoms with Crippen LogP contribution in [0.3, 0.4) is 0 Å². The molecule has 19 heavy (non-hydrogen) atoms. The van der Waals surface area contributed by atoms with Gasteiger partial charge >= 0.3 is 0 Å². The first-order valence-electron chi connectivity index (χ1n) is 7.12. The van der Waals surface area contributed by atoms with E-state index in [0.717, 1.165) is 56.8 Å². The lowest BCUT2D eigenvalue weighted by Crippen LogP contribution is -2.30. The van der Waals surface area contributed by atoms with Crippen LogP contribution in [-0.2, 0) is 0 Å². The number of hydrogen-bond donors (Lipinski definition) is 2. The largest absolute Gasteiger partial charge is 0.390 e. The topological polar surface area (TPSA) is 69.2 Å². The van der Waals surface area contributed by atoms with E-state index in [1.807, 2.05) is 6.92 Å². The van der Waals surface area contributed by atoms with E-state index >= 15 is 0 Å². The highest BCUT2D eigenvalue weighted by Crippen LogP contribution is 2.38. The molecule has 104 valence electrons. The summed E-state index contributed by atoms with van der Waals surface area (Å²) in [5.41, 5.74) is -0.655. The van der Waals surface area contributed by atoms with Gasteiger partial charge in [0, 0.05) is 25.1 Å². The molecule has 1 unspecified atom stereocenters. The van der Waals surface area contributed by atoms with Crippen molar-refractivity contribution in [3.63, 3.8) is 0 Å². The quantitative estimate of drug-likeness (QED) is 0.846. The first-order valence-corrected chi connectivity index (χ1v) is 7.12. The zero-order valence-corrected chi connectivity index (χ0v) is 11.4. The summed E-state index contributed by atoms with van der Waals surface area (Å²) in [5, 5.41) is 10.1. The lowest BCUT2D eigenvalue weighted by Gasteiger charge is -2.23. The van der Waals surface area contributed by atoms with Gasteiger partial charge in [-0.05, 0) is 39.0 Å². The second-order valence-corrected chi connectivity index (χ2v) is 6.10. The van der Waals surface area contributed by atoms with Crippen molar-refractivity contribution in [1.29, 1.82) is 0 Å². The molecule has 2 fully saturated rings. The molecule has 1 saturated carbocycles. The molecule has 2 aliphatic rings. The van der Waals surface area contributed by atoms with Gasteiger partial charge in [0.2, 0.25) is 0 Å². The van der Waals surface area contributed by atoms with Crippen LogP contribution in [0.5, 0.6) is 0 Å². The van der Waals surface area contributed by atoms with Gasteiger partial charge in [0.15, 0.2) is 0 Å². The van der Waals surface area contributed by atoms with Gasteiger partial charge in [0.05, 0.1) is 5.60 Å². The molecule has 2 heterocycles. The Morgan fingerprint density at radius 1 is 1.42 bits per heavy atom. The number of nitrogens with zero attached hydrogens (tertiary/aromatic N) is 2. The van der Waals surface area contributed by atoms with Crippen molar-refractivity contribution in [2.75, 3.05) is 18.0 Å². The molecular weight excluding hydrogens is 242 g/mol. The average molecular weight is 263 g/mol. The van der Waals surface area contributed by atoms with Gasteiger partial charge in [-0.15, -0.1) is 0 Å².